The molecule has 2 rings (SSSR count). The van der Waals surface area contributed by atoms with Crippen molar-refractivity contribution in [3.8, 4) is 0 Å². The Labute approximate surface area is 126 Å². The van der Waals surface area contributed by atoms with Gasteiger partial charge in [0.05, 0.1) is 0 Å². The number of anilines is 1. The highest BCUT2D eigenvalue weighted by Gasteiger charge is 2.13. The molecule has 1 aliphatic heterocycles. The van der Waals surface area contributed by atoms with E-state index in [9.17, 15) is 4.79 Å². The minimum absolute atomic E-state index is 0.133. The Bertz CT molecular complexity index is 428. The minimum Gasteiger partial charge on any atom is -0.353 e. The number of aromatic nitrogens is 2. The summed E-state index contributed by atoms with van der Waals surface area (Å²) in [5, 5.41) is 14.4. The molecule has 2 heterocycles. The fourth-order valence-electron chi connectivity index (χ4n) is 2.35. The average Bonchev–Trinajstić information content (AvgIpc) is 2.55. The first-order valence-electron chi connectivity index (χ1n) is 7.89. The molecule has 0 atom stereocenters. The molecule has 0 unspecified atom stereocenters. The van der Waals surface area contributed by atoms with E-state index in [-0.39, 0.29) is 5.91 Å². The van der Waals surface area contributed by atoms with Gasteiger partial charge in [-0.25, -0.2) is 0 Å². The summed E-state index contributed by atoms with van der Waals surface area (Å²) in [6, 6.07) is 3.63. The largest absolute Gasteiger partial charge is 0.353 e. The van der Waals surface area contributed by atoms with Crippen molar-refractivity contribution in [2.24, 2.45) is 0 Å². The second-order valence-electron chi connectivity index (χ2n) is 5.33. The SMILES string of the molecule is CCCCCCNC(=O)c1ccc(N2CCNCC2)nn1. The van der Waals surface area contributed by atoms with E-state index in [1.165, 1.54) is 12.8 Å². The first-order valence-corrected chi connectivity index (χ1v) is 7.89. The topological polar surface area (TPSA) is 70.2 Å². The summed E-state index contributed by atoms with van der Waals surface area (Å²) in [5.41, 5.74) is 0.393. The van der Waals surface area contributed by atoms with E-state index in [1.54, 1.807) is 6.07 Å². The summed E-state index contributed by atoms with van der Waals surface area (Å²) < 4.78 is 0. The first-order chi connectivity index (χ1) is 10.3. The third-order valence-electron chi connectivity index (χ3n) is 3.64. The number of nitrogens with one attached hydrogen (secondary N) is 2. The molecule has 0 spiro atoms. The van der Waals surface area contributed by atoms with Crippen molar-refractivity contribution in [1.29, 1.82) is 0 Å². The van der Waals surface area contributed by atoms with Gasteiger partial charge in [0.25, 0.3) is 5.91 Å². The van der Waals surface area contributed by atoms with E-state index < -0.39 is 0 Å². The van der Waals surface area contributed by atoms with E-state index in [0.717, 1.165) is 44.8 Å². The number of nitrogens with zero attached hydrogens (tertiary/aromatic N) is 3. The number of unbranched alkanes of at least 4 members (excludes halogenated alkanes) is 3. The number of carbonyl (C=O) groups excluding carboxylic acids is 1. The molecule has 21 heavy (non-hydrogen) atoms. The fraction of sp³-hybridized carbons (Fsp3) is 0.667. The summed E-state index contributed by atoms with van der Waals surface area (Å²) in [6.07, 6.45) is 4.60. The summed E-state index contributed by atoms with van der Waals surface area (Å²) in [6.45, 7) is 6.66. The molecule has 0 aliphatic carbocycles. The van der Waals surface area contributed by atoms with Crippen molar-refractivity contribution in [3.05, 3.63) is 17.8 Å². The van der Waals surface area contributed by atoms with Crippen LogP contribution in [0.25, 0.3) is 0 Å². The predicted molar refractivity (Wildman–Crippen MR) is 83.6 cm³/mol. The minimum atomic E-state index is -0.133. The number of hydrogen-bond donors (Lipinski definition) is 2. The zero-order valence-electron chi connectivity index (χ0n) is 12.8. The van der Waals surface area contributed by atoms with E-state index in [1.807, 2.05) is 6.07 Å². The van der Waals surface area contributed by atoms with Gasteiger partial charge in [-0.15, -0.1) is 10.2 Å². The maximum atomic E-state index is 11.9. The summed E-state index contributed by atoms with van der Waals surface area (Å²) in [5.74, 6) is 0.710. The Hall–Kier alpha value is -1.69. The number of carbonyl (C=O) groups is 1. The lowest BCUT2D eigenvalue weighted by Crippen LogP contribution is -2.44. The zero-order chi connectivity index (χ0) is 14.9. The number of piperazine rings is 1. The molecule has 2 N–H and O–H groups in total. The monoisotopic (exact) mass is 291 g/mol. The smallest absolute Gasteiger partial charge is 0.271 e. The lowest BCUT2D eigenvalue weighted by Gasteiger charge is -2.27. The predicted octanol–water partition coefficient (Wildman–Crippen LogP) is 1.20. The fourth-order valence-corrected chi connectivity index (χ4v) is 2.35. The Kier molecular flexibility index (Phi) is 6.40. The molecule has 1 aromatic rings. The molecule has 6 heteroatoms. The van der Waals surface area contributed by atoms with Gasteiger partial charge in [0, 0.05) is 32.7 Å². The lowest BCUT2D eigenvalue weighted by molar-refractivity contribution is 0.0947. The van der Waals surface area contributed by atoms with Gasteiger partial charge in [-0.1, -0.05) is 26.2 Å². The van der Waals surface area contributed by atoms with Gasteiger partial charge in [0.1, 0.15) is 0 Å². The maximum absolute atomic E-state index is 11.9. The van der Waals surface area contributed by atoms with E-state index in [2.05, 4.69) is 32.7 Å². The van der Waals surface area contributed by atoms with Crippen LogP contribution in [0.4, 0.5) is 5.82 Å². The van der Waals surface area contributed by atoms with Crippen LogP contribution in [0, 0.1) is 0 Å². The summed E-state index contributed by atoms with van der Waals surface area (Å²) >= 11 is 0. The van der Waals surface area contributed by atoms with Crippen molar-refractivity contribution in [1.82, 2.24) is 20.8 Å². The van der Waals surface area contributed by atoms with Crippen LogP contribution in [0.2, 0.25) is 0 Å². The lowest BCUT2D eigenvalue weighted by atomic mass is 10.2. The standard InChI is InChI=1S/C15H25N5O/c1-2-3-4-5-8-17-15(21)13-6-7-14(19-18-13)20-11-9-16-10-12-20/h6-7,16H,2-5,8-12H2,1H3,(H,17,21). The van der Waals surface area contributed by atoms with Gasteiger partial charge in [0.2, 0.25) is 0 Å². The molecule has 1 saturated heterocycles. The van der Waals surface area contributed by atoms with Crippen molar-refractivity contribution in [2.45, 2.75) is 32.6 Å². The number of rotatable bonds is 7. The van der Waals surface area contributed by atoms with Crippen LogP contribution >= 0.6 is 0 Å². The Balaban J connectivity index is 1.79. The van der Waals surface area contributed by atoms with Gasteiger partial charge >= 0.3 is 0 Å². The van der Waals surface area contributed by atoms with Crippen LogP contribution in [-0.2, 0) is 0 Å². The van der Waals surface area contributed by atoms with Crippen molar-refractivity contribution < 1.29 is 4.79 Å². The van der Waals surface area contributed by atoms with Gasteiger partial charge in [-0.2, -0.15) is 0 Å². The first kappa shape index (κ1) is 15.7. The van der Waals surface area contributed by atoms with Crippen molar-refractivity contribution in [3.63, 3.8) is 0 Å². The van der Waals surface area contributed by atoms with Crippen LogP contribution in [0.3, 0.4) is 0 Å². The Morgan fingerprint density at radius 3 is 2.71 bits per heavy atom. The van der Waals surface area contributed by atoms with Gasteiger partial charge in [0.15, 0.2) is 11.5 Å². The van der Waals surface area contributed by atoms with Crippen molar-refractivity contribution >= 4 is 11.7 Å². The molecule has 0 aromatic carbocycles. The van der Waals surface area contributed by atoms with Crippen LogP contribution in [0.15, 0.2) is 12.1 Å². The summed E-state index contributed by atoms with van der Waals surface area (Å²) in [7, 11) is 0. The third kappa shape index (κ3) is 4.97. The highest BCUT2D eigenvalue weighted by Crippen LogP contribution is 2.10. The molecular weight excluding hydrogens is 266 g/mol. The summed E-state index contributed by atoms with van der Waals surface area (Å²) in [4.78, 5) is 14.1. The number of amides is 1. The maximum Gasteiger partial charge on any atom is 0.271 e. The molecule has 116 valence electrons. The van der Waals surface area contributed by atoms with E-state index in [0.29, 0.717) is 12.2 Å². The molecule has 6 nitrogen and oxygen atoms in total. The van der Waals surface area contributed by atoms with Crippen LogP contribution < -0.4 is 15.5 Å². The molecule has 0 radical (unpaired) electrons. The van der Waals surface area contributed by atoms with Crippen LogP contribution in [0.5, 0.6) is 0 Å². The van der Waals surface area contributed by atoms with Gasteiger partial charge < -0.3 is 15.5 Å². The van der Waals surface area contributed by atoms with E-state index in [4.69, 9.17) is 0 Å². The Morgan fingerprint density at radius 2 is 2.05 bits per heavy atom. The normalized spacial score (nSPS) is 15.0. The molecule has 1 fully saturated rings. The molecule has 0 bridgehead atoms. The highest BCUT2D eigenvalue weighted by molar-refractivity contribution is 5.92. The Morgan fingerprint density at radius 1 is 1.24 bits per heavy atom. The molecule has 1 aromatic heterocycles. The second-order valence-corrected chi connectivity index (χ2v) is 5.33. The van der Waals surface area contributed by atoms with Gasteiger partial charge in [-0.05, 0) is 18.6 Å². The van der Waals surface area contributed by atoms with Gasteiger partial charge in [-0.3, -0.25) is 4.79 Å². The number of hydrogen-bond acceptors (Lipinski definition) is 5. The van der Waals surface area contributed by atoms with E-state index >= 15 is 0 Å². The quantitative estimate of drug-likeness (QED) is 0.739. The average molecular weight is 291 g/mol. The zero-order valence-corrected chi connectivity index (χ0v) is 12.8. The molecule has 1 aliphatic rings. The van der Waals surface area contributed by atoms with Crippen LogP contribution in [0.1, 0.15) is 43.1 Å². The third-order valence-corrected chi connectivity index (χ3v) is 3.64. The molecule has 0 saturated carbocycles. The molecular formula is C15H25N5O. The van der Waals surface area contributed by atoms with Crippen molar-refractivity contribution in [2.75, 3.05) is 37.6 Å². The van der Waals surface area contributed by atoms with Crippen LogP contribution in [-0.4, -0.2) is 48.8 Å². The molecule has 1 amide bonds. The second kappa shape index (κ2) is 8.56. The highest BCUT2D eigenvalue weighted by atomic mass is 16.1.